The number of halogens is 1. The number of hydrogen-bond donors (Lipinski definition) is 3. The Bertz CT molecular complexity index is 1620. The van der Waals surface area contributed by atoms with Gasteiger partial charge in [-0.05, 0) is 72.3 Å². The van der Waals surface area contributed by atoms with Crippen molar-refractivity contribution >= 4 is 57.1 Å². The number of nitrogens with zero attached hydrogens (tertiary/aromatic N) is 4. The molecule has 0 aliphatic rings. The van der Waals surface area contributed by atoms with Gasteiger partial charge in [-0.3, -0.25) is 9.59 Å². The van der Waals surface area contributed by atoms with Crippen LogP contribution in [-0.2, 0) is 4.79 Å². The van der Waals surface area contributed by atoms with Crippen LogP contribution in [-0.4, -0.2) is 37.2 Å². The number of aromatic hydroxyl groups is 1. The number of rotatable bonds is 9. The van der Waals surface area contributed by atoms with Gasteiger partial charge in [0.1, 0.15) is 11.4 Å². The highest BCUT2D eigenvalue weighted by atomic mass is 79.9. The standard InChI is InChI=1S/C31H27BrN6O3/c1-38(2)27-14-11-21(12-15-27)17-28(34-30(40)22-7-4-3-5-8-22)31(41)37-33-20-23-18-26(13-16-29(23)39)36-35-25-10-6-9-24(32)19-25/h3-20,39H,1-2H3,(H,34,40)(H,37,41)/b28-17-,33-20-,36-35?. The molecule has 3 N–H and O–H groups in total. The highest BCUT2D eigenvalue weighted by molar-refractivity contribution is 9.10. The number of hydrazone groups is 1. The number of phenols is 1. The summed E-state index contributed by atoms with van der Waals surface area (Å²) >= 11 is 3.40. The highest BCUT2D eigenvalue weighted by Gasteiger charge is 2.14. The fraction of sp³-hybridized carbons (Fsp3) is 0.0645. The minimum Gasteiger partial charge on any atom is -0.507 e. The smallest absolute Gasteiger partial charge is 0.287 e. The molecule has 0 aromatic heterocycles. The van der Waals surface area contributed by atoms with Gasteiger partial charge in [0.05, 0.1) is 17.6 Å². The molecular weight excluding hydrogens is 584 g/mol. The zero-order chi connectivity index (χ0) is 29.2. The zero-order valence-corrected chi connectivity index (χ0v) is 23.9. The van der Waals surface area contributed by atoms with Crippen LogP contribution in [0.25, 0.3) is 6.08 Å². The summed E-state index contributed by atoms with van der Waals surface area (Å²) in [6.45, 7) is 0. The molecule has 41 heavy (non-hydrogen) atoms. The molecule has 0 saturated heterocycles. The van der Waals surface area contributed by atoms with Crippen molar-refractivity contribution in [3.63, 3.8) is 0 Å². The third-order valence-electron chi connectivity index (χ3n) is 5.72. The molecule has 4 aromatic rings. The Kier molecular flexibility index (Phi) is 9.74. The van der Waals surface area contributed by atoms with Gasteiger partial charge >= 0.3 is 0 Å². The fourth-order valence-electron chi connectivity index (χ4n) is 3.56. The van der Waals surface area contributed by atoms with Crippen LogP contribution in [0.5, 0.6) is 5.75 Å². The number of benzene rings is 4. The van der Waals surface area contributed by atoms with Crippen molar-refractivity contribution in [2.24, 2.45) is 15.3 Å². The fourth-order valence-corrected chi connectivity index (χ4v) is 3.95. The summed E-state index contributed by atoms with van der Waals surface area (Å²) in [6, 6.07) is 28.1. The van der Waals surface area contributed by atoms with Crippen molar-refractivity contribution in [1.82, 2.24) is 10.7 Å². The summed E-state index contributed by atoms with van der Waals surface area (Å²) in [5.41, 5.74) is 5.96. The lowest BCUT2D eigenvalue weighted by Gasteiger charge is -2.12. The second-order valence-corrected chi connectivity index (χ2v) is 9.90. The number of azo groups is 1. The predicted octanol–water partition coefficient (Wildman–Crippen LogP) is 6.56. The van der Waals surface area contributed by atoms with Gasteiger partial charge < -0.3 is 15.3 Å². The SMILES string of the molecule is CN(C)c1ccc(/C=C(\NC(=O)c2ccccc2)C(=O)N/N=C\c2cc(N=Nc3cccc(Br)c3)ccc2O)cc1. The van der Waals surface area contributed by atoms with E-state index in [1.165, 1.54) is 12.3 Å². The molecule has 0 radical (unpaired) electrons. The van der Waals surface area contributed by atoms with Crippen LogP contribution in [0.4, 0.5) is 17.1 Å². The molecule has 0 unspecified atom stereocenters. The molecule has 0 aliphatic carbocycles. The Morgan fingerprint density at radius 2 is 1.56 bits per heavy atom. The van der Waals surface area contributed by atoms with Crippen molar-refractivity contribution in [3.8, 4) is 5.75 Å². The molecule has 0 fully saturated rings. The molecule has 0 spiro atoms. The van der Waals surface area contributed by atoms with Crippen molar-refractivity contribution in [1.29, 1.82) is 0 Å². The van der Waals surface area contributed by atoms with Gasteiger partial charge in [0, 0.05) is 35.4 Å². The Labute approximate surface area is 246 Å². The van der Waals surface area contributed by atoms with Crippen LogP contribution in [0, 0.1) is 0 Å². The average molecular weight is 612 g/mol. The first kappa shape index (κ1) is 28.9. The lowest BCUT2D eigenvalue weighted by atomic mass is 10.1. The van der Waals surface area contributed by atoms with Crippen molar-refractivity contribution in [2.45, 2.75) is 0 Å². The number of carbonyl (C=O) groups is 2. The first-order valence-corrected chi connectivity index (χ1v) is 13.3. The first-order chi connectivity index (χ1) is 19.8. The summed E-state index contributed by atoms with van der Waals surface area (Å²) in [6.07, 6.45) is 2.85. The lowest BCUT2D eigenvalue weighted by Crippen LogP contribution is -2.32. The Morgan fingerprint density at radius 1 is 0.854 bits per heavy atom. The van der Waals surface area contributed by atoms with Crippen molar-refractivity contribution in [2.75, 3.05) is 19.0 Å². The molecule has 4 rings (SSSR count). The van der Waals surface area contributed by atoms with E-state index in [1.807, 2.05) is 67.5 Å². The van der Waals surface area contributed by atoms with E-state index < -0.39 is 11.8 Å². The van der Waals surface area contributed by atoms with E-state index in [0.29, 0.717) is 28.1 Å². The van der Waals surface area contributed by atoms with E-state index in [0.717, 1.165) is 10.2 Å². The Morgan fingerprint density at radius 3 is 2.24 bits per heavy atom. The van der Waals surface area contributed by atoms with Gasteiger partial charge in [-0.25, -0.2) is 5.43 Å². The number of hydrogen-bond acceptors (Lipinski definition) is 7. The zero-order valence-electron chi connectivity index (χ0n) is 22.3. The van der Waals surface area contributed by atoms with Crippen LogP contribution in [0.2, 0.25) is 0 Å². The van der Waals surface area contributed by atoms with Crippen molar-refractivity contribution in [3.05, 3.63) is 124 Å². The minimum atomic E-state index is -0.646. The lowest BCUT2D eigenvalue weighted by molar-refractivity contribution is -0.117. The number of anilines is 1. The largest absolute Gasteiger partial charge is 0.507 e. The predicted molar refractivity (Wildman–Crippen MR) is 165 cm³/mol. The molecule has 4 aromatic carbocycles. The topological polar surface area (TPSA) is 119 Å². The maximum atomic E-state index is 13.1. The third kappa shape index (κ3) is 8.45. The summed E-state index contributed by atoms with van der Waals surface area (Å²) in [5.74, 6) is -1.15. The van der Waals surface area contributed by atoms with Crippen LogP contribution < -0.4 is 15.6 Å². The molecule has 2 amide bonds. The summed E-state index contributed by atoms with van der Waals surface area (Å²) in [4.78, 5) is 27.9. The van der Waals surface area contributed by atoms with Gasteiger partial charge in [0.2, 0.25) is 0 Å². The van der Waals surface area contributed by atoms with E-state index >= 15 is 0 Å². The second kappa shape index (κ2) is 13.8. The van der Waals surface area contributed by atoms with Gasteiger partial charge in [-0.1, -0.05) is 52.3 Å². The van der Waals surface area contributed by atoms with Crippen LogP contribution in [0.3, 0.4) is 0 Å². The van der Waals surface area contributed by atoms with Crippen molar-refractivity contribution < 1.29 is 14.7 Å². The van der Waals surface area contributed by atoms with E-state index in [9.17, 15) is 14.7 Å². The Hall–Kier alpha value is -5.09. The quantitative estimate of drug-likeness (QED) is 0.0860. The van der Waals surface area contributed by atoms with E-state index in [-0.39, 0.29) is 11.4 Å². The summed E-state index contributed by atoms with van der Waals surface area (Å²) in [7, 11) is 3.86. The van der Waals surface area contributed by atoms with Gasteiger partial charge in [-0.2, -0.15) is 15.3 Å². The van der Waals surface area contributed by atoms with Crippen LogP contribution in [0.1, 0.15) is 21.5 Å². The summed E-state index contributed by atoms with van der Waals surface area (Å²) < 4.78 is 0.877. The summed E-state index contributed by atoms with van der Waals surface area (Å²) in [5, 5.41) is 25.3. The maximum absolute atomic E-state index is 13.1. The molecule has 0 aliphatic heterocycles. The first-order valence-electron chi connectivity index (χ1n) is 12.5. The van der Waals surface area contributed by atoms with E-state index in [4.69, 9.17) is 0 Å². The molecule has 0 heterocycles. The van der Waals surface area contributed by atoms with Crippen LogP contribution in [0.15, 0.2) is 123 Å². The highest BCUT2D eigenvalue weighted by Crippen LogP contribution is 2.25. The average Bonchev–Trinajstić information content (AvgIpc) is 2.97. The monoisotopic (exact) mass is 610 g/mol. The van der Waals surface area contributed by atoms with Gasteiger partial charge in [0.15, 0.2) is 0 Å². The van der Waals surface area contributed by atoms with Crippen LogP contribution >= 0.6 is 15.9 Å². The van der Waals surface area contributed by atoms with Gasteiger partial charge in [-0.15, -0.1) is 0 Å². The molecule has 10 heteroatoms. The molecule has 0 atom stereocenters. The molecule has 0 bridgehead atoms. The molecule has 206 valence electrons. The Balaban J connectivity index is 1.52. The van der Waals surface area contributed by atoms with E-state index in [1.54, 1.807) is 48.5 Å². The molecule has 9 nitrogen and oxygen atoms in total. The number of nitrogens with one attached hydrogen (secondary N) is 2. The number of phenolic OH excluding ortho intramolecular Hbond substituents is 1. The normalized spacial score (nSPS) is 11.5. The number of carbonyl (C=O) groups excluding carboxylic acids is 2. The number of amides is 2. The minimum absolute atomic E-state index is 0.00518. The third-order valence-corrected chi connectivity index (χ3v) is 6.21. The maximum Gasteiger partial charge on any atom is 0.287 e. The molecular formula is C31H27BrN6O3. The van der Waals surface area contributed by atoms with Gasteiger partial charge in [0.25, 0.3) is 11.8 Å². The molecule has 0 saturated carbocycles. The second-order valence-electron chi connectivity index (χ2n) is 8.99. The van der Waals surface area contributed by atoms with E-state index in [2.05, 4.69) is 42.0 Å².